The lowest BCUT2D eigenvalue weighted by atomic mass is 10.1. The Morgan fingerprint density at radius 2 is 1.50 bits per heavy atom. The number of hydrogen-bond donors (Lipinski definition) is 2. The normalized spacial score (nSPS) is 9.60. The Hall–Kier alpha value is -4.39. The number of benzene rings is 1. The first-order valence-corrected chi connectivity index (χ1v) is 9.09. The smallest absolute Gasteiger partial charge is 0.248 e. The molecule has 0 bridgehead atoms. The Balaban J connectivity index is 2.30. The lowest BCUT2D eigenvalue weighted by molar-refractivity contribution is -0.0206. The third kappa shape index (κ3) is 6.07. The number of primary amides is 1. The summed E-state index contributed by atoms with van der Waals surface area (Å²) in [5.41, 5.74) is 7.34. The lowest BCUT2D eigenvalue weighted by Crippen LogP contribution is -2.09. The minimum absolute atomic E-state index is 0.291. The van der Waals surface area contributed by atoms with Crippen LogP contribution >= 0.6 is 0 Å². The average Bonchev–Trinajstić information content (AvgIpc) is 2.75. The number of H-pyrrole nitrogens is 1. The van der Waals surface area contributed by atoms with Gasteiger partial charge in [0.05, 0.1) is 17.2 Å². The fourth-order valence-corrected chi connectivity index (χ4v) is 2.52. The number of pyridine rings is 1. The van der Waals surface area contributed by atoms with Crippen molar-refractivity contribution in [1.82, 2.24) is 15.4 Å². The van der Waals surface area contributed by atoms with Crippen LogP contribution in [0.25, 0.3) is 21.8 Å². The van der Waals surface area contributed by atoms with Crippen molar-refractivity contribution in [2.75, 3.05) is 0 Å². The molecule has 1 amide bonds. The van der Waals surface area contributed by atoms with Gasteiger partial charge >= 0.3 is 0 Å². The zero-order valence-electron chi connectivity index (χ0n) is 16.0. The highest BCUT2D eigenvalue weighted by Crippen LogP contribution is 2.17. The molecule has 7 nitrogen and oxygen atoms in total. The van der Waals surface area contributed by atoms with Gasteiger partial charge in [0.15, 0.2) is 0 Å². The Kier molecular flexibility index (Phi) is 7.34. The molecule has 150 valence electrons. The van der Waals surface area contributed by atoms with Crippen LogP contribution in [0, 0.1) is 0 Å². The Morgan fingerprint density at radius 3 is 2.33 bits per heavy atom. The van der Waals surface area contributed by atoms with Crippen LogP contribution in [-0.2, 0) is 0 Å². The van der Waals surface area contributed by atoms with Gasteiger partial charge in [-0.25, -0.2) is 4.98 Å². The maximum absolute atomic E-state index is 11.8. The van der Waals surface area contributed by atoms with Crippen LogP contribution in [0.15, 0.2) is 113 Å². The second kappa shape index (κ2) is 10.8. The van der Waals surface area contributed by atoms with Gasteiger partial charge in [-0.1, -0.05) is 53.8 Å². The number of nitrogens with two attached hydrogens (primary N) is 1. The van der Waals surface area contributed by atoms with E-state index in [0.717, 1.165) is 16.3 Å². The largest absolute Gasteiger partial charge is 0.366 e. The molecule has 0 saturated carbocycles. The fraction of sp³-hybridized carbons (Fsp3) is 0. The molecule has 3 aromatic rings. The van der Waals surface area contributed by atoms with Crippen molar-refractivity contribution in [1.29, 1.82) is 0 Å². The topological polar surface area (TPSA) is 111 Å². The van der Waals surface area contributed by atoms with Gasteiger partial charge in [0.2, 0.25) is 5.91 Å². The second-order valence-corrected chi connectivity index (χ2v) is 5.98. The van der Waals surface area contributed by atoms with E-state index in [0.29, 0.717) is 11.1 Å². The van der Waals surface area contributed by atoms with Crippen LogP contribution < -0.4 is 5.73 Å². The van der Waals surface area contributed by atoms with E-state index in [1.165, 1.54) is 24.6 Å². The summed E-state index contributed by atoms with van der Waals surface area (Å²) in [6, 6.07) is 27.3. The summed E-state index contributed by atoms with van der Waals surface area (Å²) >= 11 is 0. The van der Waals surface area contributed by atoms with E-state index in [1.807, 2.05) is 54.6 Å². The highest BCUT2D eigenvalue weighted by atomic mass is 17.0. The predicted molar refractivity (Wildman–Crippen MR) is 115 cm³/mol. The van der Waals surface area contributed by atoms with Crippen LogP contribution in [0.1, 0.15) is 10.4 Å². The minimum atomic E-state index is -0.573. The van der Waals surface area contributed by atoms with Crippen LogP contribution in [0.2, 0.25) is 0 Å². The first kappa shape index (κ1) is 20.3. The maximum Gasteiger partial charge on any atom is 0.248 e. The number of aromatic amines is 1. The fourth-order valence-electron chi connectivity index (χ4n) is 2.52. The monoisotopic (exact) mass is 400 g/mol. The van der Waals surface area contributed by atoms with Crippen molar-refractivity contribution in [3.05, 3.63) is 109 Å². The Morgan fingerprint density at radius 1 is 0.800 bits per heavy atom. The molecule has 0 unspecified atom stereocenters. The molecule has 0 spiro atoms. The van der Waals surface area contributed by atoms with E-state index < -0.39 is 5.91 Å². The second-order valence-electron chi connectivity index (χ2n) is 5.98. The maximum atomic E-state index is 11.8. The van der Waals surface area contributed by atoms with Gasteiger partial charge in [-0.15, -0.1) is 5.10 Å². The molecule has 0 fully saturated rings. The molecule has 30 heavy (non-hydrogen) atoms. The van der Waals surface area contributed by atoms with Gasteiger partial charge in [0, 0.05) is 16.3 Å². The van der Waals surface area contributed by atoms with E-state index in [1.54, 1.807) is 24.3 Å². The molecule has 3 N–H and O–H groups in total. The van der Waals surface area contributed by atoms with Crippen molar-refractivity contribution in [3.63, 3.8) is 0 Å². The minimum Gasteiger partial charge on any atom is -0.366 e. The quantitative estimate of drug-likeness (QED) is 0.565. The molecule has 7 heteroatoms. The number of amides is 1. The number of rotatable bonds is 1. The van der Waals surface area contributed by atoms with E-state index in [2.05, 4.69) is 15.1 Å². The van der Waals surface area contributed by atoms with Crippen LogP contribution in [0.3, 0.4) is 0 Å². The summed E-state index contributed by atoms with van der Waals surface area (Å²) in [7, 11) is 0. The van der Waals surface area contributed by atoms with Crippen molar-refractivity contribution in [2.45, 2.75) is 0 Å². The summed E-state index contributed by atoms with van der Waals surface area (Å²) in [5, 5.41) is 7.88. The third-order valence-corrected chi connectivity index (χ3v) is 3.92. The molecule has 0 aliphatic carbocycles. The number of nitrogens with zero attached hydrogens (tertiary/aromatic N) is 2. The summed E-state index contributed by atoms with van der Waals surface area (Å²) < 4.78 is 9.34. The van der Waals surface area contributed by atoms with Crippen molar-refractivity contribution >= 4 is 27.7 Å². The summed E-state index contributed by atoms with van der Waals surface area (Å²) in [6.45, 7) is 0. The van der Waals surface area contributed by atoms with Gasteiger partial charge in [-0.3, -0.25) is 9.37 Å². The highest BCUT2D eigenvalue weighted by Gasteiger charge is 1.98. The number of carbonyl (C=O) groups excluding carboxylic acids is 1. The molecule has 1 aromatic carbocycles. The van der Waals surface area contributed by atoms with E-state index >= 15 is 0 Å². The first-order valence-electron chi connectivity index (χ1n) is 9.09. The zero-order valence-corrected chi connectivity index (χ0v) is 16.0. The number of para-hydroxylation sites is 1. The highest BCUT2D eigenvalue weighted by molar-refractivity contribution is 5.94. The summed E-state index contributed by atoms with van der Waals surface area (Å²) in [4.78, 5) is 16.5. The molecule has 0 aliphatic heterocycles. The zero-order chi connectivity index (χ0) is 21.0. The standard InChI is InChI=1S/C23H20N4O3/c24-23(28)18-11-8-15-25-27-30-29-16-7-3-1-2-4-9-20-17-19-10-5-6-12-21(19)26-22(20)14-13-18/h1-17,27H,(H2,24,28). The van der Waals surface area contributed by atoms with Gasteiger partial charge in [0.1, 0.15) is 6.26 Å². The molecule has 2 heterocycles. The van der Waals surface area contributed by atoms with E-state index in [9.17, 15) is 4.79 Å². The van der Waals surface area contributed by atoms with Gasteiger partial charge in [0.25, 0.3) is 0 Å². The lowest BCUT2D eigenvalue weighted by Gasteiger charge is -1.99. The van der Waals surface area contributed by atoms with Gasteiger partial charge in [-0.2, -0.15) is 4.68 Å². The molecular weight excluding hydrogens is 380 g/mol. The van der Waals surface area contributed by atoms with E-state index in [4.69, 9.17) is 15.3 Å². The number of hydrogen-bond acceptors (Lipinski definition) is 5. The summed E-state index contributed by atoms with van der Waals surface area (Å²) in [6.07, 6.45) is 2.73. The number of nitrogens with one attached hydrogen (secondary N) is 1. The van der Waals surface area contributed by atoms with Crippen molar-refractivity contribution < 1.29 is 14.1 Å². The number of aromatic nitrogens is 3. The SMILES string of the molecule is NC(=O)c1cccn[nH]oocccccccc2cc3ccccc3nc2cc1. The Bertz CT molecular complexity index is 1250. The van der Waals surface area contributed by atoms with Crippen LogP contribution in [0.4, 0.5) is 0 Å². The number of fused-ring (bicyclic) bond motifs is 2. The summed E-state index contributed by atoms with van der Waals surface area (Å²) in [5.74, 6) is -0.573. The molecule has 0 aliphatic rings. The number of carbonyl (C=O) groups is 1. The average molecular weight is 400 g/mol. The van der Waals surface area contributed by atoms with Gasteiger partial charge in [-0.05, 0) is 42.5 Å². The van der Waals surface area contributed by atoms with Crippen molar-refractivity contribution in [3.8, 4) is 0 Å². The molecule has 0 saturated heterocycles. The van der Waals surface area contributed by atoms with Crippen LogP contribution in [0.5, 0.6) is 0 Å². The molecular formula is C23H20N4O3. The van der Waals surface area contributed by atoms with Gasteiger partial charge < -0.3 is 5.73 Å². The molecule has 0 radical (unpaired) electrons. The van der Waals surface area contributed by atoms with Crippen molar-refractivity contribution in [2.24, 2.45) is 5.73 Å². The molecule has 0 atom stereocenters. The predicted octanol–water partition coefficient (Wildman–Crippen LogP) is 4.89. The van der Waals surface area contributed by atoms with Crippen LogP contribution in [-0.4, -0.2) is 21.3 Å². The Labute approximate surface area is 172 Å². The first-order chi connectivity index (χ1) is 14.7. The third-order valence-electron chi connectivity index (χ3n) is 3.92. The molecule has 3 rings (SSSR count). The van der Waals surface area contributed by atoms with E-state index in [-0.39, 0.29) is 0 Å². The molecule has 2 aromatic heterocycles.